The second-order valence-corrected chi connectivity index (χ2v) is 5.75. The van der Waals surface area contributed by atoms with Crippen LogP contribution in [-0.2, 0) is 12.4 Å². The summed E-state index contributed by atoms with van der Waals surface area (Å²) >= 11 is 7.15. The first-order valence-electron chi connectivity index (χ1n) is 5.96. The molecule has 0 aliphatic heterocycles. The fraction of sp³-hybridized carbons (Fsp3) is 0.286. The molecule has 1 aromatic carbocycles. The van der Waals surface area contributed by atoms with E-state index in [-0.39, 0.29) is 5.91 Å². The van der Waals surface area contributed by atoms with Gasteiger partial charge >= 0.3 is 0 Å². The number of thiazole rings is 1. The number of nitrogens with zero attached hydrogens (tertiary/aromatic N) is 1. The number of carbonyl (C=O) groups excluding carboxylic acids is 1. The molecule has 1 aromatic heterocycles. The molecule has 0 unspecified atom stereocenters. The Kier molecular flexibility index (Phi) is 4.56. The Balaban J connectivity index is 1.98. The third-order valence-corrected chi connectivity index (χ3v) is 4.12. The molecule has 0 saturated heterocycles. The molecule has 3 nitrogen and oxygen atoms in total. The summed E-state index contributed by atoms with van der Waals surface area (Å²) in [6.45, 7) is 4.27. The topological polar surface area (TPSA) is 42.0 Å². The van der Waals surface area contributed by atoms with Gasteiger partial charge in [-0.15, -0.1) is 22.9 Å². The van der Waals surface area contributed by atoms with E-state index >= 15 is 0 Å². The highest BCUT2D eigenvalue weighted by molar-refractivity contribution is 7.13. The molecule has 100 valence electrons. The molecule has 2 rings (SSSR count). The number of rotatable bonds is 4. The molecular formula is C14H15ClN2OS. The summed E-state index contributed by atoms with van der Waals surface area (Å²) in [4.78, 5) is 17.0. The maximum Gasteiger partial charge on any atom is 0.263 e. The van der Waals surface area contributed by atoms with Crippen molar-refractivity contribution in [2.45, 2.75) is 26.3 Å². The van der Waals surface area contributed by atoms with Crippen molar-refractivity contribution in [1.82, 2.24) is 10.3 Å². The highest BCUT2D eigenvalue weighted by atomic mass is 35.5. The number of aryl methyl sites for hydroxylation is 2. The predicted octanol–water partition coefficient (Wildman–Crippen LogP) is 3.43. The number of carbonyl (C=O) groups is 1. The third-order valence-electron chi connectivity index (χ3n) is 2.74. The number of benzene rings is 1. The van der Waals surface area contributed by atoms with Gasteiger partial charge < -0.3 is 5.32 Å². The first-order valence-corrected chi connectivity index (χ1v) is 7.31. The zero-order valence-corrected chi connectivity index (χ0v) is 12.4. The van der Waals surface area contributed by atoms with Crippen LogP contribution in [0.2, 0.25) is 0 Å². The van der Waals surface area contributed by atoms with Crippen molar-refractivity contribution < 1.29 is 4.79 Å². The molecule has 0 aliphatic rings. The van der Waals surface area contributed by atoms with Crippen LogP contribution < -0.4 is 5.32 Å². The maximum atomic E-state index is 12.0. The van der Waals surface area contributed by atoms with Crippen molar-refractivity contribution in [1.29, 1.82) is 0 Å². The molecule has 0 radical (unpaired) electrons. The van der Waals surface area contributed by atoms with Crippen LogP contribution in [0.25, 0.3) is 0 Å². The van der Waals surface area contributed by atoms with E-state index in [4.69, 9.17) is 11.6 Å². The van der Waals surface area contributed by atoms with Crippen molar-refractivity contribution in [3.8, 4) is 0 Å². The number of amides is 1. The average molecular weight is 295 g/mol. The second kappa shape index (κ2) is 6.17. The zero-order chi connectivity index (χ0) is 13.8. The molecule has 0 aliphatic carbocycles. The lowest BCUT2D eigenvalue weighted by atomic mass is 10.1. The van der Waals surface area contributed by atoms with Gasteiger partial charge in [-0.1, -0.05) is 24.3 Å². The first-order chi connectivity index (χ1) is 9.10. The Hall–Kier alpha value is -1.39. The van der Waals surface area contributed by atoms with Gasteiger partial charge in [-0.25, -0.2) is 4.98 Å². The Morgan fingerprint density at radius 2 is 1.89 bits per heavy atom. The van der Waals surface area contributed by atoms with Crippen molar-refractivity contribution in [3.05, 3.63) is 51.0 Å². The molecule has 1 amide bonds. The van der Waals surface area contributed by atoms with E-state index in [0.29, 0.717) is 17.3 Å². The molecule has 1 heterocycles. The normalized spacial score (nSPS) is 10.5. The summed E-state index contributed by atoms with van der Waals surface area (Å²) in [7, 11) is 0. The molecule has 2 aromatic rings. The van der Waals surface area contributed by atoms with Crippen LogP contribution in [0.4, 0.5) is 0 Å². The Morgan fingerprint density at radius 3 is 2.42 bits per heavy atom. The van der Waals surface area contributed by atoms with Gasteiger partial charge in [0.05, 0.1) is 10.7 Å². The molecular weight excluding hydrogens is 280 g/mol. The SMILES string of the molecule is Cc1nc(C)c(C(=O)NCc2ccc(CCl)cc2)s1. The van der Waals surface area contributed by atoms with Crippen LogP contribution in [-0.4, -0.2) is 10.9 Å². The molecule has 0 saturated carbocycles. The summed E-state index contributed by atoms with van der Waals surface area (Å²) in [5, 5.41) is 3.82. The van der Waals surface area contributed by atoms with Crippen molar-refractivity contribution in [2.75, 3.05) is 0 Å². The van der Waals surface area contributed by atoms with Gasteiger partial charge in [-0.05, 0) is 25.0 Å². The summed E-state index contributed by atoms with van der Waals surface area (Å²) in [5.41, 5.74) is 2.92. The third kappa shape index (κ3) is 3.55. The van der Waals surface area contributed by atoms with E-state index in [9.17, 15) is 4.79 Å². The van der Waals surface area contributed by atoms with Crippen molar-refractivity contribution in [3.63, 3.8) is 0 Å². The molecule has 0 spiro atoms. The van der Waals surface area contributed by atoms with Crippen molar-refractivity contribution >= 4 is 28.8 Å². The fourth-order valence-electron chi connectivity index (χ4n) is 1.75. The number of hydrogen-bond donors (Lipinski definition) is 1. The highest BCUT2D eigenvalue weighted by Gasteiger charge is 2.13. The number of nitrogens with one attached hydrogen (secondary N) is 1. The zero-order valence-electron chi connectivity index (χ0n) is 10.9. The lowest BCUT2D eigenvalue weighted by Crippen LogP contribution is -2.22. The Bertz CT molecular complexity index is 578. The molecule has 5 heteroatoms. The Labute approximate surface area is 121 Å². The standard InChI is InChI=1S/C14H15ClN2OS/c1-9-13(19-10(2)17-9)14(18)16-8-12-5-3-11(7-15)4-6-12/h3-6H,7-8H2,1-2H3,(H,16,18). The monoisotopic (exact) mass is 294 g/mol. The van der Waals surface area contributed by atoms with Gasteiger partial charge in [0, 0.05) is 12.4 Å². The van der Waals surface area contributed by atoms with Crippen LogP contribution in [0.1, 0.15) is 31.5 Å². The summed E-state index contributed by atoms with van der Waals surface area (Å²) in [6.07, 6.45) is 0. The Morgan fingerprint density at radius 1 is 1.26 bits per heavy atom. The smallest absolute Gasteiger partial charge is 0.263 e. The minimum absolute atomic E-state index is 0.0653. The van der Waals surface area contributed by atoms with Crippen LogP contribution in [0.15, 0.2) is 24.3 Å². The van der Waals surface area contributed by atoms with Crippen LogP contribution in [0.3, 0.4) is 0 Å². The molecule has 0 fully saturated rings. The van der Waals surface area contributed by atoms with Gasteiger partial charge in [-0.2, -0.15) is 0 Å². The minimum Gasteiger partial charge on any atom is -0.347 e. The molecule has 0 bridgehead atoms. The van der Waals surface area contributed by atoms with Crippen LogP contribution in [0, 0.1) is 13.8 Å². The van der Waals surface area contributed by atoms with Gasteiger partial charge in [-0.3, -0.25) is 4.79 Å². The van der Waals surface area contributed by atoms with E-state index in [0.717, 1.165) is 21.8 Å². The first kappa shape index (κ1) is 14.0. The number of halogens is 1. The van der Waals surface area contributed by atoms with Gasteiger partial charge in [0.2, 0.25) is 0 Å². The van der Waals surface area contributed by atoms with Gasteiger partial charge in [0.25, 0.3) is 5.91 Å². The molecule has 1 N–H and O–H groups in total. The second-order valence-electron chi connectivity index (χ2n) is 4.28. The summed E-state index contributed by atoms with van der Waals surface area (Å²) < 4.78 is 0. The molecule has 0 atom stereocenters. The maximum absolute atomic E-state index is 12.0. The lowest BCUT2D eigenvalue weighted by Gasteiger charge is -2.05. The number of aromatic nitrogens is 1. The quantitative estimate of drug-likeness (QED) is 0.878. The average Bonchev–Trinajstić information content (AvgIpc) is 2.75. The van der Waals surface area contributed by atoms with Gasteiger partial charge in [0.1, 0.15) is 4.88 Å². The number of alkyl halides is 1. The van der Waals surface area contributed by atoms with Crippen molar-refractivity contribution in [2.24, 2.45) is 0 Å². The minimum atomic E-state index is -0.0653. The van der Waals surface area contributed by atoms with E-state index in [1.807, 2.05) is 38.1 Å². The lowest BCUT2D eigenvalue weighted by molar-refractivity contribution is 0.0954. The van der Waals surface area contributed by atoms with Gasteiger partial charge in [0.15, 0.2) is 0 Å². The highest BCUT2D eigenvalue weighted by Crippen LogP contribution is 2.17. The fourth-order valence-corrected chi connectivity index (χ4v) is 2.77. The van der Waals surface area contributed by atoms with Crippen LogP contribution in [0.5, 0.6) is 0 Å². The van der Waals surface area contributed by atoms with Crippen LogP contribution >= 0.6 is 22.9 Å². The molecule has 19 heavy (non-hydrogen) atoms. The van der Waals surface area contributed by atoms with E-state index in [1.54, 1.807) is 0 Å². The van der Waals surface area contributed by atoms with E-state index < -0.39 is 0 Å². The van der Waals surface area contributed by atoms with E-state index in [2.05, 4.69) is 10.3 Å². The summed E-state index contributed by atoms with van der Waals surface area (Å²) in [6, 6.07) is 7.89. The predicted molar refractivity (Wildman–Crippen MR) is 78.8 cm³/mol. The van der Waals surface area contributed by atoms with E-state index in [1.165, 1.54) is 11.3 Å². The number of hydrogen-bond acceptors (Lipinski definition) is 3. The largest absolute Gasteiger partial charge is 0.347 e. The summed E-state index contributed by atoms with van der Waals surface area (Å²) in [5.74, 6) is 0.441.